The van der Waals surface area contributed by atoms with Gasteiger partial charge in [0.1, 0.15) is 17.8 Å². The van der Waals surface area contributed by atoms with Crippen LogP contribution in [0.4, 0.5) is 5.82 Å². The molecule has 7 rings (SSSR count). The summed E-state index contributed by atoms with van der Waals surface area (Å²) in [4.78, 5) is 16.5. The van der Waals surface area contributed by atoms with Crippen LogP contribution in [0.3, 0.4) is 0 Å². The van der Waals surface area contributed by atoms with Crippen molar-refractivity contribution >= 4 is 38.4 Å². The average Bonchev–Trinajstić information content (AvgIpc) is 3.56. The number of nitrogens with zero attached hydrogens (tertiary/aromatic N) is 6. The minimum Gasteiger partial charge on any atom is -0.383 e. The Balaban J connectivity index is 1.19. The second-order valence-electron chi connectivity index (χ2n) is 10.3. The van der Waals surface area contributed by atoms with Crippen molar-refractivity contribution in [3.8, 4) is 11.3 Å². The Hall–Kier alpha value is -3.40. The number of thiazole rings is 1. The molecule has 0 spiro atoms. The molecule has 1 aliphatic heterocycles. The highest BCUT2D eigenvalue weighted by atomic mass is 32.1. The largest absolute Gasteiger partial charge is 0.383 e. The lowest BCUT2D eigenvalue weighted by atomic mass is 9.90. The predicted octanol–water partition coefficient (Wildman–Crippen LogP) is 5.09. The lowest BCUT2D eigenvalue weighted by Crippen LogP contribution is -2.45. The zero-order valence-corrected chi connectivity index (χ0v) is 22.1. The first-order chi connectivity index (χ1) is 18.7. The van der Waals surface area contributed by atoms with Crippen molar-refractivity contribution in [3.63, 3.8) is 0 Å². The molecule has 3 aromatic heterocycles. The monoisotopic (exact) mass is 525 g/mol. The molecule has 1 aliphatic carbocycles. The number of morpholine rings is 1. The average molecular weight is 526 g/mol. The Bertz CT molecular complexity index is 1570. The summed E-state index contributed by atoms with van der Waals surface area (Å²) in [6.45, 7) is 3.78. The molecule has 2 aliphatic rings. The molecule has 5 aromatic rings. The molecule has 0 atom stereocenters. The molecule has 0 radical (unpaired) electrons. The fourth-order valence-corrected chi connectivity index (χ4v) is 7.01. The lowest BCUT2D eigenvalue weighted by Gasteiger charge is -2.38. The van der Waals surface area contributed by atoms with Gasteiger partial charge in [0.05, 0.1) is 39.9 Å². The van der Waals surface area contributed by atoms with Crippen LogP contribution < -0.4 is 5.73 Å². The smallest absolute Gasteiger partial charge is 0.164 e. The summed E-state index contributed by atoms with van der Waals surface area (Å²) in [6, 6.07) is 17.8. The summed E-state index contributed by atoms with van der Waals surface area (Å²) in [5.74, 6) is 0.474. The fourth-order valence-electron chi connectivity index (χ4n) is 6.03. The third-order valence-corrected chi connectivity index (χ3v) is 9.03. The highest BCUT2D eigenvalue weighted by molar-refractivity contribution is 7.18. The van der Waals surface area contributed by atoms with Crippen molar-refractivity contribution in [2.24, 2.45) is 0 Å². The van der Waals surface area contributed by atoms with E-state index >= 15 is 0 Å². The molecular formula is C29H31N7OS. The molecule has 2 N–H and O–H groups in total. The Kier molecular flexibility index (Phi) is 6.27. The van der Waals surface area contributed by atoms with E-state index in [4.69, 9.17) is 20.6 Å². The second-order valence-corrected chi connectivity index (χ2v) is 11.4. The van der Waals surface area contributed by atoms with Crippen LogP contribution in [0.2, 0.25) is 0 Å². The molecule has 8 nitrogen and oxygen atoms in total. The molecule has 1 saturated carbocycles. The van der Waals surface area contributed by atoms with E-state index in [2.05, 4.69) is 62.0 Å². The van der Waals surface area contributed by atoms with E-state index in [9.17, 15) is 0 Å². The maximum Gasteiger partial charge on any atom is 0.164 e. The fraction of sp³-hybridized carbons (Fsp3) is 0.379. The van der Waals surface area contributed by atoms with Crippen molar-refractivity contribution in [2.45, 2.75) is 44.2 Å². The Morgan fingerprint density at radius 3 is 2.55 bits per heavy atom. The van der Waals surface area contributed by atoms with Crippen molar-refractivity contribution in [1.29, 1.82) is 0 Å². The quantitative estimate of drug-likeness (QED) is 0.341. The molecule has 0 amide bonds. The SMILES string of the molecule is Nc1ncnc2c1c(-c1ccc3sc(Cc4ccccc4)nc3c1)nn2C1CCC(N2CCOCC2)CC1. The van der Waals surface area contributed by atoms with Gasteiger partial charge >= 0.3 is 0 Å². The maximum absolute atomic E-state index is 6.42. The van der Waals surface area contributed by atoms with Crippen LogP contribution in [-0.4, -0.2) is 62.0 Å². The number of rotatable bonds is 5. The summed E-state index contributed by atoms with van der Waals surface area (Å²) in [6.07, 6.45) is 6.87. The predicted molar refractivity (Wildman–Crippen MR) is 151 cm³/mol. The molecule has 2 aromatic carbocycles. The molecule has 0 bridgehead atoms. The van der Waals surface area contributed by atoms with Gasteiger partial charge in [0.15, 0.2) is 5.65 Å². The van der Waals surface area contributed by atoms with Crippen LogP contribution in [0, 0.1) is 0 Å². The van der Waals surface area contributed by atoms with Gasteiger partial charge in [-0.25, -0.2) is 19.6 Å². The standard InChI is InChI=1S/C29H31N7OS/c30-28-26-27(20-6-11-24-23(17-20)33-25(38-24)16-19-4-2-1-3-5-19)34-36(29(26)32-18-31-28)22-9-7-21(8-10-22)35-12-14-37-15-13-35/h1-6,11,17-18,21-22H,7-10,12-16H2,(H2,30,31,32). The van der Waals surface area contributed by atoms with E-state index < -0.39 is 0 Å². The molecule has 0 unspecified atom stereocenters. The minimum atomic E-state index is 0.304. The molecular weight excluding hydrogens is 494 g/mol. The van der Waals surface area contributed by atoms with E-state index in [1.165, 1.54) is 10.3 Å². The first kappa shape index (κ1) is 23.7. The number of hydrogen-bond acceptors (Lipinski definition) is 8. The van der Waals surface area contributed by atoms with Gasteiger partial charge in [0.25, 0.3) is 0 Å². The first-order valence-electron chi connectivity index (χ1n) is 13.5. The summed E-state index contributed by atoms with van der Waals surface area (Å²) >= 11 is 1.74. The van der Waals surface area contributed by atoms with Gasteiger partial charge in [-0.3, -0.25) is 4.90 Å². The lowest BCUT2D eigenvalue weighted by molar-refractivity contribution is 0.00520. The number of ether oxygens (including phenoxy) is 1. The maximum atomic E-state index is 6.42. The van der Waals surface area contributed by atoms with E-state index in [0.717, 1.165) is 91.2 Å². The van der Waals surface area contributed by atoms with Crippen LogP contribution in [0.25, 0.3) is 32.5 Å². The highest BCUT2D eigenvalue weighted by Crippen LogP contribution is 2.38. The van der Waals surface area contributed by atoms with Gasteiger partial charge in [0, 0.05) is 31.1 Å². The Labute approximate surface area is 225 Å². The summed E-state index contributed by atoms with van der Waals surface area (Å²) in [7, 11) is 0. The van der Waals surface area contributed by atoms with Crippen molar-refractivity contribution in [1.82, 2.24) is 29.6 Å². The molecule has 194 valence electrons. The first-order valence-corrected chi connectivity index (χ1v) is 14.3. The normalized spacial score (nSPS) is 20.8. The zero-order chi connectivity index (χ0) is 25.5. The van der Waals surface area contributed by atoms with Gasteiger partial charge in [-0.1, -0.05) is 36.4 Å². The van der Waals surface area contributed by atoms with Crippen LogP contribution in [0.15, 0.2) is 54.9 Å². The van der Waals surface area contributed by atoms with Crippen molar-refractivity contribution in [2.75, 3.05) is 32.0 Å². The Morgan fingerprint density at radius 2 is 1.74 bits per heavy atom. The number of fused-ring (bicyclic) bond motifs is 2. The molecule has 38 heavy (non-hydrogen) atoms. The van der Waals surface area contributed by atoms with Crippen LogP contribution >= 0.6 is 11.3 Å². The summed E-state index contributed by atoms with van der Waals surface area (Å²) in [5, 5.41) is 7.08. The zero-order valence-electron chi connectivity index (χ0n) is 21.3. The minimum absolute atomic E-state index is 0.304. The van der Waals surface area contributed by atoms with E-state index in [-0.39, 0.29) is 0 Å². The van der Waals surface area contributed by atoms with Crippen LogP contribution in [0.5, 0.6) is 0 Å². The molecule has 2 fully saturated rings. The van der Waals surface area contributed by atoms with Crippen molar-refractivity contribution in [3.05, 3.63) is 65.4 Å². The van der Waals surface area contributed by atoms with Crippen LogP contribution in [0.1, 0.15) is 42.3 Å². The number of nitrogen functional groups attached to an aromatic ring is 1. The van der Waals surface area contributed by atoms with Gasteiger partial charge in [-0.2, -0.15) is 5.10 Å². The molecule has 9 heteroatoms. The highest BCUT2D eigenvalue weighted by Gasteiger charge is 2.30. The van der Waals surface area contributed by atoms with Gasteiger partial charge in [-0.05, 0) is 43.4 Å². The molecule has 4 heterocycles. The van der Waals surface area contributed by atoms with Gasteiger partial charge < -0.3 is 10.5 Å². The van der Waals surface area contributed by atoms with Gasteiger partial charge in [-0.15, -0.1) is 11.3 Å². The summed E-state index contributed by atoms with van der Waals surface area (Å²) in [5.41, 5.74) is 11.3. The third kappa shape index (κ3) is 4.44. The third-order valence-electron chi connectivity index (χ3n) is 8.00. The van der Waals surface area contributed by atoms with Gasteiger partial charge in [0.2, 0.25) is 0 Å². The number of anilines is 1. The van der Waals surface area contributed by atoms with Crippen LogP contribution in [-0.2, 0) is 11.2 Å². The topological polar surface area (TPSA) is 95.0 Å². The van der Waals surface area contributed by atoms with E-state index in [1.54, 1.807) is 17.7 Å². The van der Waals surface area contributed by atoms with E-state index in [0.29, 0.717) is 17.9 Å². The Morgan fingerprint density at radius 1 is 0.947 bits per heavy atom. The van der Waals surface area contributed by atoms with Crippen molar-refractivity contribution < 1.29 is 4.74 Å². The summed E-state index contributed by atoms with van der Waals surface area (Å²) < 4.78 is 8.84. The number of aromatic nitrogens is 5. The van der Waals surface area contributed by atoms with E-state index in [1.807, 2.05) is 6.07 Å². The number of hydrogen-bond donors (Lipinski definition) is 1. The molecule has 1 saturated heterocycles. The number of benzene rings is 2. The second kappa shape index (κ2) is 10.1. The number of nitrogens with two attached hydrogens (primary N) is 1.